The van der Waals surface area contributed by atoms with E-state index >= 15 is 0 Å². The molecule has 144 valence electrons. The van der Waals surface area contributed by atoms with E-state index in [2.05, 4.69) is 0 Å². The summed E-state index contributed by atoms with van der Waals surface area (Å²) in [6.07, 6.45) is 0. The zero-order valence-corrected chi connectivity index (χ0v) is 15.9. The molecule has 0 aliphatic rings. The predicted octanol–water partition coefficient (Wildman–Crippen LogP) is 3.64. The third-order valence-corrected chi connectivity index (χ3v) is 4.25. The highest BCUT2D eigenvalue weighted by Crippen LogP contribution is 2.28. The van der Waals surface area contributed by atoms with Crippen LogP contribution in [0.2, 0.25) is 0 Å². The molecule has 0 saturated carbocycles. The highest BCUT2D eigenvalue weighted by Gasteiger charge is 2.21. The molecule has 0 bridgehead atoms. The van der Waals surface area contributed by atoms with Crippen molar-refractivity contribution >= 4 is 17.4 Å². The van der Waals surface area contributed by atoms with Crippen LogP contribution in [0.4, 0.5) is 5.69 Å². The minimum Gasteiger partial charge on any atom is -0.490 e. The lowest BCUT2D eigenvalue weighted by Crippen LogP contribution is -2.15. The van der Waals surface area contributed by atoms with Crippen LogP contribution in [0.1, 0.15) is 52.0 Å². The summed E-state index contributed by atoms with van der Waals surface area (Å²) >= 11 is 0. The largest absolute Gasteiger partial charge is 0.490 e. The molecule has 0 aliphatic carbocycles. The summed E-state index contributed by atoms with van der Waals surface area (Å²) in [4.78, 5) is 35.0. The number of benzene rings is 1. The Bertz CT molecular complexity index is 898. The van der Waals surface area contributed by atoms with Crippen LogP contribution >= 0.6 is 0 Å². The van der Waals surface area contributed by atoms with Crippen LogP contribution in [0, 0.1) is 24.0 Å². The van der Waals surface area contributed by atoms with Crippen LogP contribution in [0.25, 0.3) is 0 Å². The maximum atomic E-state index is 12.4. The van der Waals surface area contributed by atoms with Gasteiger partial charge in [-0.1, -0.05) is 0 Å². The summed E-state index contributed by atoms with van der Waals surface area (Å²) in [5, 5.41) is 11.1. The van der Waals surface area contributed by atoms with E-state index in [1.165, 1.54) is 19.2 Å². The van der Waals surface area contributed by atoms with Crippen molar-refractivity contribution in [2.45, 2.75) is 33.7 Å². The van der Waals surface area contributed by atoms with E-state index < -0.39 is 17.5 Å². The number of carbonyl (C=O) groups excluding carboxylic acids is 2. The van der Waals surface area contributed by atoms with Crippen LogP contribution in [-0.2, 0) is 4.74 Å². The molecule has 8 nitrogen and oxygen atoms in total. The van der Waals surface area contributed by atoms with Crippen molar-refractivity contribution in [3.8, 4) is 5.75 Å². The van der Waals surface area contributed by atoms with Gasteiger partial charge in [0.05, 0.1) is 17.6 Å². The SMILES string of the molecule is COc1ccc(C(=O)OCC(=O)c2cc(C)n(C(C)C)c2C)cc1[N+](=O)[O-]. The lowest BCUT2D eigenvalue weighted by Gasteiger charge is -2.13. The monoisotopic (exact) mass is 374 g/mol. The summed E-state index contributed by atoms with van der Waals surface area (Å²) in [6.45, 7) is 7.35. The smallest absolute Gasteiger partial charge is 0.338 e. The van der Waals surface area contributed by atoms with Gasteiger partial charge in [-0.15, -0.1) is 0 Å². The van der Waals surface area contributed by atoms with Crippen LogP contribution in [0.5, 0.6) is 5.75 Å². The first-order valence-corrected chi connectivity index (χ1v) is 8.38. The second kappa shape index (κ2) is 8.03. The zero-order valence-electron chi connectivity index (χ0n) is 15.9. The van der Waals surface area contributed by atoms with E-state index in [1.54, 1.807) is 6.07 Å². The number of rotatable bonds is 7. The van der Waals surface area contributed by atoms with Gasteiger partial charge in [0.1, 0.15) is 0 Å². The fourth-order valence-electron chi connectivity index (χ4n) is 3.11. The number of methoxy groups -OCH3 is 1. The van der Waals surface area contributed by atoms with Gasteiger partial charge in [0.2, 0.25) is 5.78 Å². The van der Waals surface area contributed by atoms with Crippen LogP contribution in [-0.4, -0.2) is 35.0 Å². The minimum absolute atomic E-state index is 0.0250. The Hall–Kier alpha value is -3.16. The van der Waals surface area contributed by atoms with Gasteiger partial charge < -0.3 is 14.0 Å². The van der Waals surface area contributed by atoms with Gasteiger partial charge in [-0.3, -0.25) is 14.9 Å². The third kappa shape index (κ3) is 4.16. The summed E-state index contributed by atoms with van der Waals surface area (Å²) in [5.74, 6) is -1.10. The fourth-order valence-corrected chi connectivity index (χ4v) is 3.11. The molecule has 2 aromatic rings. The molecule has 0 radical (unpaired) electrons. The number of esters is 1. The number of nitro benzene ring substituents is 1. The molecule has 1 aromatic heterocycles. The fraction of sp³-hybridized carbons (Fsp3) is 0.368. The minimum atomic E-state index is -0.813. The molecular weight excluding hydrogens is 352 g/mol. The van der Waals surface area contributed by atoms with Crippen molar-refractivity contribution in [2.75, 3.05) is 13.7 Å². The van der Waals surface area contributed by atoms with Crippen LogP contribution < -0.4 is 4.74 Å². The van der Waals surface area contributed by atoms with Gasteiger partial charge >= 0.3 is 11.7 Å². The van der Waals surface area contributed by atoms with Crippen molar-refractivity contribution < 1.29 is 24.0 Å². The lowest BCUT2D eigenvalue weighted by molar-refractivity contribution is -0.385. The van der Waals surface area contributed by atoms with E-state index in [0.717, 1.165) is 17.5 Å². The van der Waals surface area contributed by atoms with E-state index in [9.17, 15) is 19.7 Å². The van der Waals surface area contributed by atoms with Crippen molar-refractivity contribution in [3.05, 3.63) is 56.9 Å². The summed E-state index contributed by atoms with van der Waals surface area (Å²) in [6, 6.07) is 5.70. The molecule has 0 unspecified atom stereocenters. The lowest BCUT2D eigenvalue weighted by atomic mass is 10.1. The molecule has 27 heavy (non-hydrogen) atoms. The number of carbonyl (C=O) groups is 2. The number of ether oxygens (including phenoxy) is 2. The van der Waals surface area contributed by atoms with Gasteiger partial charge in [0.25, 0.3) is 0 Å². The Morgan fingerprint density at radius 3 is 2.41 bits per heavy atom. The summed E-state index contributed by atoms with van der Waals surface area (Å²) < 4.78 is 12.0. The van der Waals surface area contributed by atoms with E-state index in [4.69, 9.17) is 9.47 Å². The van der Waals surface area contributed by atoms with Gasteiger partial charge in [-0.25, -0.2) is 4.79 Å². The molecule has 0 N–H and O–H groups in total. The Morgan fingerprint density at radius 2 is 1.89 bits per heavy atom. The maximum absolute atomic E-state index is 12.4. The second-order valence-corrected chi connectivity index (χ2v) is 6.39. The van der Waals surface area contributed by atoms with Gasteiger partial charge in [-0.05, 0) is 45.9 Å². The zero-order chi connectivity index (χ0) is 20.3. The van der Waals surface area contributed by atoms with Gasteiger partial charge in [0.15, 0.2) is 12.4 Å². The number of hydrogen-bond acceptors (Lipinski definition) is 6. The first kappa shape index (κ1) is 20.2. The van der Waals surface area contributed by atoms with Crippen LogP contribution in [0.15, 0.2) is 24.3 Å². The molecule has 0 saturated heterocycles. The first-order chi connectivity index (χ1) is 12.7. The molecular formula is C19H22N2O6. The summed E-state index contributed by atoms with van der Waals surface area (Å²) in [5.41, 5.74) is 1.88. The molecule has 2 rings (SSSR count). The van der Waals surface area contributed by atoms with E-state index in [1.807, 2.05) is 32.3 Å². The number of nitrogens with zero attached hydrogens (tertiary/aromatic N) is 2. The Kier molecular flexibility index (Phi) is 5.99. The topological polar surface area (TPSA) is 101 Å². The van der Waals surface area contributed by atoms with E-state index in [0.29, 0.717) is 5.56 Å². The number of hydrogen-bond donors (Lipinski definition) is 0. The average Bonchev–Trinajstić information content (AvgIpc) is 2.93. The highest BCUT2D eigenvalue weighted by molar-refractivity contribution is 6.00. The first-order valence-electron chi connectivity index (χ1n) is 8.38. The normalized spacial score (nSPS) is 10.7. The van der Waals surface area contributed by atoms with Gasteiger partial charge in [-0.2, -0.15) is 0 Å². The van der Waals surface area contributed by atoms with Gasteiger partial charge in [0, 0.05) is 29.1 Å². The number of ketones is 1. The molecule has 8 heteroatoms. The average molecular weight is 374 g/mol. The van der Waals surface area contributed by atoms with E-state index in [-0.39, 0.29) is 28.8 Å². The number of aromatic nitrogens is 1. The quantitative estimate of drug-likeness (QED) is 0.317. The number of nitro groups is 1. The molecule has 0 fully saturated rings. The van der Waals surface area contributed by atoms with Crippen LogP contribution in [0.3, 0.4) is 0 Å². The Labute approximate surface area is 156 Å². The predicted molar refractivity (Wildman–Crippen MR) is 98.6 cm³/mol. The van der Waals surface area contributed by atoms with Crippen molar-refractivity contribution in [1.29, 1.82) is 0 Å². The van der Waals surface area contributed by atoms with Crippen molar-refractivity contribution in [3.63, 3.8) is 0 Å². The molecule has 1 aromatic carbocycles. The standard InChI is InChI=1S/C19H22N2O6/c1-11(2)20-12(3)8-15(13(20)4)17(22)10-27-19(23)14-6-7-18(26-5)16(9-14)21(24)25/h6-9,11H,10H2,1-5H3. The Balaban J connectivity index is 2.14. The molecule has 0 atom stereocenters. The molecule has 0 spiro atoms. The van der Waals surface area contributed by atoms with Crippen molar-refractivity contribution in [2.24, 2.45) is 0 Å². The third-order valence-electron chi connectivity index (χ3n) is 4.25. The molecule has 0 aliphatic heterocycles. The number of Topliss-reactive ketones (excluding diaryl/α,β-unsaturated/α-hetero) is 1. The maximum Gasteiger partial charge on any atom is 0.338 e. The number of aryl methyl sites for hydroxylation is 1. The molecule has 0 amide bonds. The Morgan fingerprint density at radius 1 is 1.22 bits per heavy atom. The van der Waals surface area contributed by atoms with Crippen molar-refractivity contribution in [1.82, 2.24) is 4.57 Å². The highest BCUT2D eigenvalue weighted by atomic mass is 16.6. The summed E-state index contributed by atoms with van der Waals surface area (Å²) in [7, 11) is 1.30. The molecule has 1 heterocycles. The second-order valence-electron chi connectivity index (χ2n) is 6.39.